The quantitative estimate of drug-likeness (QED) is 0.553. The van der Waals surface area contributed by atoms with Crippen LogP contribution in [0, 0.1) is 18.2 Å². The molecule has 0 amide bonds. The van der Waals surface area contributed by atoms with Crippen LogP contribution >= 0.6 is 0 Å². The Morgan fingerprint density at radius 2 is 2.15 bits per heavy atom. The minimum absolute atomic E-state index is 0.128. The number of aliphatic imine (C=N–C) groups is 1. The number of nitrogens with one attached hydrogen (secondary N) is 1. The molecule has 0 bridgehead atoms. The Morgan fingerprint density at radius 3 is 2.85 bits per heavy atom. The number of alkyl halides is 2. The van der Waals surface area contributed by atoms with Crippen LogP contribution in [0.2, 0.25) is 0 Å². The van der Waals surface area contributed by atoms with Crippen LogP contribution in [0.3, 0.4) is 0 Å². The van der Waals surface area contributed by atoms with Gasteiger partial charge in [-0.25, -0.2) is 28.1 Å². The van der Waals surface area contributed by atoms with Gasteiger partial charge < -0.3 is 10.1 Å². The zero-order valence-corrected chi connectivity index (χ0v) is 13.7. The maximum atomic E-state index is 13.8. The average Bonchev–Trinajstić information content (AvgIpc) is 3.06. The number of benzene rings is 1. The van der Waals surface area contributed by atoms with Gasteiger partial charge >= 0.3 is 0 Å². The lowest BCUT2D eigenvalue weighted by atomic mass is 10.1. The van der Waals surface area contributed by atoms with Crippen molar-refractivity contribution in [3.8, 4) is 0 Å². The molecule has 1 aromatic carbocycles. The monoisotopic (exact) mass is 360 g/mol. The number of imidazole rings is 1. The summed E-state index contributed by atoms with van der Waals surface area (Å²) in [6, 6.07) is 4.85. The van der Waals surface area contributed by atoms with E-state index in [0.717, 1.165) is 0 Å². The topological polar surface area (TPSA) is 92.4 Å². The first-order valence-corrected chi connectivity index (χ1v) is 7.64. The van der Waals surface area contributed by atoms with Crippen molar-refractivity contribution in [1.29, 1.82) is 5.41 Å². The molecule has 0 aliphatic heterocycles. The van der Waals surface area contributed by atoms with Crippen LogP contribution in [-0.4, -0.2) is 32.5 Å². The summed E-state index contributed by atoms with van der Waals surface area (Å²) in [4.78, 5) is 11.9. The van der Waals surface area contributed by atoms with E-state index in [2.05, 4.69) is 15.0 Å². The predicted octanol–water partition coefficient (Wildman–Crippen LogP) is 2.72. The molecule has 3 N–H and O–H groups in total. The number of halogens is 3. The first-order valence-electron chi connectivity index (χ1n) is 7.64. The Labute approximate surface area is 146 Å². The smallest absolute Gasteiger partial charge is 0.296 e. The molecule has 3 rings (SSSR count). The summed E-state index contributed by atoms with van der Waals surface area (Å²) in [7, 11) is 0. The molecular formula is C17H15F3N6. The molecule has 3 aromatic rings. The largest absolute Gasteiger partial charge is 0.382 e. The van der Waals surface area contributed by atoms with Gasteiger partial charge in [-0.3, -0.25) is 5.41 Å². The maximum Gasteiger partial charge on any atom is 0.296 e. The maximum absolute atomic E-state index is 13.8. The van der Waals surface area contributed by atoms with Crippen molar-refractivity contribution in [1.82, 2.24) is 14.4 Å². The fraction of sp³-hybridized carbons (Fsp3) is 0.176. The normalized spacial score (nSPS) is 12.1. The fourth-order valence-electron chi connectivity index (χ4n) is 2.41. The van der Waals surface area contributed by atoms with E-state index in [1.54, 1.807) is 35.9 Å². The van der Waals surface area contributed by atoms with Crippen LogP contribution in [-0.2, 0) is 6.42 Å². The Hall–Kier alpha value is -3.23. The second kappa shape index (κ2) is 6.95. The van der Waals surface area contributed by atoms with Gasteiger partial charge in [0.05, 0.1) is 5.69 Å². The van der Waals surface area contributed by atoms with E-state index >= 15 is 0 Å². The van der Waals surface area contributed by atoms with Gasteiger partial charge in [0.15, 0.2) is 17.3 Å². The van der Waals surface area contributed by atoms with Gasteiger partial charge in [0.1, 0.15) is 11.5 Å². The van der Waals surface area contributed by atoms with E-state index in [-0.39, 0.29) is 23.8 Å². The molecule has 2 heterocycles. The van der Waals surface area contributed by atoms with E-state index in [0.29, 0.717) is 22.5 Å². The zero-order valence-electron chi connectivity index (χ0n) is 13.7. The molecular weight excluding hydrogens is 345 g/mol. The third-order valence-corrected chi connectivity index (χ3v) is 3.76. The Balaban J connectivity index is 2.03. The molecule has 0 aliphatic carbocycles. The molecule has 6 nitrogen and oxygen atoms in total. The van der Waals surface area contributed by atoms with Crippen molar-refractivity contribution in [2.24, 2.45) is 10.7 Å². The summed E-state index contributed by atoms with van der Waals surface area (Å²) in [5, 5.41) is 7.13. The van der Waals surface area contributed by atoms with Gasteiger partial charge in [-0.15, -0.1) is 0 Å². The summed E-state index contributed by atoms with van der Waals surface area (Å²) in [5.41, 5.74) is 8.08. The van der Waals surface area contributed by atoms with E-state index in [1.807, 2.05) is 0 Å². The molecule has 0 atom stereocenters. The lowest BCUT2D eigenvalue weighted by molar-refractivity contribution is 0.223. The molecule has 0 fully saturated rings. The first kappa shape index (κ1) is 17.6. The highest BCUT2D eigenvalue weighted by molar-refractivity contribution is 6.04. The van der Waals surface area contributed by atoms with Crippen LogP contribution < -0.4 is 5.73 Å². The van der Waals surface area contributed by atoms with Gasteiger partial charge in [-0.1, -0.05) is 12.1 Å². The van der Waals surface area contributed by atoms with Crippen LogP contribution in [0.1, 0.15) is 22.5 Å². The lowest BCUT2D eigenvalue weighted by Crippen LogP contribution is -2.21. The second-order valence-electron chi connectivity index (χ2n) is 5.67. The van der Waals surface area contributed by atoms with Gasteiger partial charge in [-0.2, -0.15) is 0 Å². The molecule has 26 heavy (non-hydrogen) atoms. The molecule has 0 saturated carbocycles. The number of hydrogen-bond donors (Lipinski definition) is 2. The Morgan fingerprint density at radius 1 is 1.38 bits per heavy atom. The third-order valence-electron chi connectivity index (χ3n) is 3.76. The highest BCUT2D eigenvalue weighted by Crippen LogP contribution is 2.16. The van der Waals surface area contributed by atoms with Crippen molar-refractivity contribution in [3.63, 3.8) is 0 Å². The number of nitrogens with zero attached hydrogens (tertiary/aromatic N) is 4. The number of aromatic nitrogens is 3. The van der Waals surface area contributed by atoms with E-state index < -0.39 is 12.3 Å². The number of fused-ring (bicyclic) bond motifs is 1. The van der Waals surface area contributed by atoms with Crippen LogP contribution in [0.5, 0.6) is 0 Å². The van der Waals surface area contributed by atoms with Crippen molar-refractivity contribution < 1.29 is 13.2 Å². The molecule has 134 valence electrons. The van der Waals surface area contributed by atoms with Crippen LogP contribution in [0.4, 0.5) is 13.2 Å². The molecule has 0 radical (unpaired) electrons. The predicted molar refractivity (Wildman–Crippen MR) is 91.4 cm³/mol. The molecule has 0 aliphatic rings. The minimum atomic E-state index is -3.03. The average molecular weight is 360 g/mol. The summed E-state index contributed by atoms with van der Waals surface area (Å²) >= 11 is 0. The minimum Gasteiger partial charge on any atom is -0.382 e. The number of hydrogen-bond acceptors (Lipinski definition) is 3. The van der Waals surface area contributed by atoms with E-state index in [9.17, 15) is 13.2 Å². The van der Waals surface area contributed by atoms with Crippen molar-refractivity contribution >= 4 is 17.3 Å². The number of nitrogens with two attached hydrogens (primary N) is 1. The summed E-state index contributed by atoms with van der Waals surface area (Å²) in [5.74, 6) is -1.77. The third kappa shape index (κ3) is 3.56. The highest BCUT2D eigenvalue weighted by Gasteiger charge is 2.14. The van der Waals surface area contributed by atoms with Crippen molar-refractivity contribution in [3.05, 3.63) is 65.1 Å². The highest BCUT2D eigenvalue weighted by atomic mass is 19.3. The number of aryl methyl sites for hydroxylation is 1. The van der Waals surface area contributed by atoms with Crippen molar-refractivity contribution in [2.75, 3.05) is 0 Å². The standard InChI is InChI=1S/C17H15F3N6/c1-9-2-3-10(6-11(9)18)7-12-17-23-4-5-26(17)8-13(24-12)15(21)25-16(22)14(19)20/h2-6,8,14H,7H2,1H3,(H3,21,22,25). The van der Waals surface area contributed by atoms with Crippen LogP contribution in [0.15, 0.2) is 41.8 Å². The number of rotatable bonds is 4. The van der Waals surface area contributed by atoms with E-state index in [4.69, 9.17) is 11.1 Å². The molecule has 9 heteroatoms. The van der Waals surface area contributed by atoms with Gasteiger partial charge in [0.25, 0.3) is 6.43 Å². The van der Waals surface area contributed by atoms with Gasteiger partial charge in [0, 0.05) is 25.0 Å². The molecule has 0 spiro atoms. The van der Waals surface area contributed by atoms with Gasteiger partial charge in [-0.05, 0) is 24.1 Å². The molecule has 0 unspecified atom stereocenters. The van der Waals surface area contributed by atoms with Crippen molar-refractivity contribution in [2.45, 2.75) is 19.8 Å². The SMILES string of the molecule is Cc1ccc(Cc2nc(/C(N)=N/C(=N)C(F)F)cn3ccnc23)cc1F. The summed E-state index contributed by atoms with van der Waals surface area (Å²) in [6.07, 6.45) is 1.92. The first-order chi connectivity index (χ1) is 12.3. The Bertz CT molecular complexity index is 1010. The molecule has 2 aromatic heterocycles. The summed E-state index contributed by atoms with van der Waals surface area (Å²) < 4.78 is 40.4. The van der Waals surface area contributed by atoms with E-state index in [1.165, 1.54) is 12.3 Å². The second-order valence-corrected chi connectivity index (χ2v) is 5.67. The summed E-state index contributed by atoms with van der Waals surface area (Å²) in [6.45, 7) is 1.67. The lowest BCUT2D eigenvalue weighted by Gasteiger charge is -2.08. The number of amidine groups is 2. The molecule has 0 saturated heterocycles. The fourth-order valence-corrected chi connectivity index (χ4v) is 2.41. The van der Waals surface area contributed by atoms with Crippen LogP contribution in [0.25, 0.3) is 5.65 Å². The Kier molecular flexibility index (Phi) is 4.70. The van der Waals surface area contributed by atoms with Gasteiger partial charge in [0.2, 0.25) is 0 Å². The zero-order chi connectivity index (χ0) is 18.8.